The number of pyridine rings is 1. The zero-order chi connectivity index (χ0) is 28.2. The van der Waals surface area contributed by atoms with Crippen molar-refractivity contribution in [2.45, 2.75) is 78.3 Å². The summed E-state index contributed by atoms with van der Waals surface area (Å²) < 4.78 is 11.0. The van der Waals surface area contributed by atoms with E-state index in [-0.39, 0.29) is 6.61 Å². The molecule has 0 unspecified atom stereocenters. The number of aryl methyl sites for hydroxylation is 1. The van der Waals surface area contributed by atoms with Gasteiger partial charge in [0.05, 0.1) is 23.3 Å². The molecule has 3 heterocycles. The van der Waals surface area contributed by atoms with Gasteiger partial charge in [0, 0.05) is 47.1 Å². The van der Waals surface area contributed by atoms with Gasteiger partial charge in [0.2, 0.25) is 0 Å². The monoisotopic (exact) mass is 563 g/mol. The average Bonchev–Trinajstić information content (AvgIpc) is 3.25. The fraction of sp³-hybridized carbons (Fsp3) is 0.484. The van der Waals surface area contributed by atoms with Gasteiger partial charge in [-0.1, -0.05) is 31.0 Å². The van der Waals surface area contributed by atoms with Crippen LogP contribution in [-0.4, -0.2) is 53.5 Å². The number of carbonyl (C=O) groups is 3. The Labute approximate surface area is 239 Å². The van der Waals surface area contributed by atoms with Gasteiger partial charge < -0.3 is 14.8 Å². The van der Waals surface area contributed by atoms with E-state index in [1.807, 2.05) is 24.3 Å². The molecule has 0 saturated heterocycles. The van der Waals surface area contributed by atoms with E-state index in [4.69, 9.17) is 14.5 Å². The summed E-state index contributed by atoms with van der Waals surface area (Å²) in [5, 5.41) is 4.06. The molecule has 9 heteroatoms. The molecule has 2 aromatic heterocycles. The van der Waals surface area contributed by atoms with Crippen LogP contribution in [0.1, 0.15) is 88.9 Å². The number of aromatic nitrogens is 1. The number of nitrogens with zero attached hydrogens (tertiary/aromatic N) is 2. The molecule has 1 amide bonds. The molecule has 0 saturated carbocycles. The third-order valence-electron chi connectivity index (χ3n) is 7.75. The number of hydrogen-bond acceptors (Lipinski definition) is 8. The van der Waals surface area contributed by atoms with E-state index < -0.39 is 24.5 Å². The zero-order valence-electron chi connectivity index (χ0n) is 23.5. The van der Waals surface area contributed by atoms with Crippen molar-refractivity contribution in [3.05, 3.63) is 57.1 Å². The van der Waals surface area contributed by atoms with Gasteiger partial charge in [-0.2, -0.15) is 0 Å². The molecule has 1 aromatic carbocycles. The molecular weight excluding hydrogens is 526 g/mol. The van der Waals surface area contributed by atoms with Gasteiger partial charge in [-0.3, -0.25) is 14.7 Å². The highest BCUT2D eigenvalue weighted by Crippen LogP contribution is 2.37. The highest BCUT2D eigenvalue weighted by Gasteiger charge is 2.29. The predicted molar refractivity (Wildman–Crippen MR) is 156 cm³/mol. The van der Waals surface area contributed by atoms with Crippen LogP contribution >= 0.6 is 11.3 Å². The van der Waals surface area contributed by atoms with Crippen LogP contribution in [0.4, 0.5) is 5.00 Å². The maximum absolute atomic E-state index is 13.5. The van der Waals surface area contributed by atoms with Crippen LogP contribution in [0.3, 0.4) is 0 Å². The van der Waals surface area contributed by atoms with Crippen molar-refractivity contribution in [2.24, 2.45) is 0 Å². The SMILES string of the molecule is CCOC(=O)c1c(NC(=O)COC(=O)c2c3c(nc4ccccc24)CCN(C(C)C)C3)sc2c1CCCCCC2. The molecule has 0 fully saturated rings. The second-order valence-electron chi connectivity index (χ2n) is 10.7. The fourth-order valence-electron chi connectivity index (χ4n) is 5.68. The van der Waals surface area contributed by atoms with Crippen molar-refractivity contribution in [3.63, 3.8) is 0 Å². The summed E-state index contributed by atoms with van der Waals surface area (Å²) in [5.41, 5.74) is 4.43. The van der Waals surface area contributed by atoms with Crippen molar-refractivity contribution in [3.8, 4) is 0 Å². The van der Waals surface area contributed by atoms with Gasteiger partial charge in [-0.25, -0.2) is 9.59 Å². The molecule has 0 bridgehead atoms. The fourth-order valence-corrected chi connectivity index (χ4v) is 6.97. The minimum atomic E-state index is -0.542. The van der Waals surface area contributed by atoms with Crippen LogP contribution in [0.5, 0.6) is 0 Å². The Bertz CT molecular complexity index is 1430. The number of benzene rings is 1. The molecule has 0 atom stereocenters. The third kappa shape index (κ3) is 5.90. The normalized spacial score (nSPS) is 15.6. The molecule has 1 N–H and O–H groups in total. The summed E-state index contributed by atoms with van der Waals surface area (Å²) in [5.74, 6) is -1.44. The lowest BCUT2D eigenvalue weighted by Crippen LogP contribution is -2.37. The summed E-state index contributed by atoms with van der Waals surface area (Å²) >= 11 is 1.43. The van der Waals surface area contributed by atoms with Crippen LogP contribution in [0.25, 0.3) is 10.9 Å². The standard InChI is InChI=1S/C31H37N3O5S/c1-4-38-31(37)28-21-12-7-5-6-8-14-25(21)40-29(28)33-26(35)18-39-30(36)27-20-11-9-10-13-23(20)32-24-15-16-34(19(2)3)17-22(24)27/h9-11,13,19H,4-8,12,14-18H2,1-3H3,(H,33,35). The van der Waals surface area contributed by atoms with Gasteiger partial charge in [0.25, 0.3) is 5.91 Å². The summed E-state index contributed by atoms with van der Waals surface area (Å²) in [4.78, 5) is 47.8. The Kier molecular flexibility index (Phi) is 8.81. The predicted octanol–water partition coefficient (Wildman–Crippen LogP) is 5.69. The van der Waals surface area contributed by atoms with E-state index in [2.05, 4.69) is 24.1 Å². The molecule has 2 aliphatic rings. The Morgan fingerprint density at radius 2 is 1.73 bits per heavy atom. The smallest absolute Gasteiger partial charge is 0.341 e. The molecule has 0 spiro atoms. The number of fused-ring (bicyclic) bond motifs is 3. The van der Waals surface area contributed by atoms with Crippen LogP contribution in [0.15, 0.2) is 24.3 Å². The van der Waals surface area contributed by atoms with Crippen molar-refractivity contribution >= 4 is 45.1 Å². The van der Waals surface area contributed by atoms with E-state index in [1.54, 1.807) is 6.92 Å². The number of carbonyl (C=O) groups excluding carboxylic acids is 3. The molecule has 212 valence electrons. The Morgan fingerprint density at radius 3 is 2.50 bits per heavy atom. The van der Waals surface area contributed by atoms with Gasteiger partial charge in [0.1, 0.15) is 5.00 Å². The van der Waals surface area contributed by atoms with Crippen molar-refractivity contribution in [1.82, 2.24) is 9.88 Å². The van der Waals surface area contributed by atoms with Crippen LogP contribution < -0.4 is 5.32 Å². The average molecular weight is 564 g/mol. The summed E-state index contributed by atoms with van der Waals surface area (Å²) in [6.45, 7) is 7.33. The van der Waals surface area contributed by atoms with E-state index in [9.17, 15) is 14.4 Å². The van der Waals surface area contributed by atoms with E-state index >= 15 is 0 Å². The first-order chi connectivity index (χ1) is 19.4. The number of para-hydroxylation sites is 1. The summed E-state index contributed by atoms with van der Waals surface area (Å²) in [7, 11) is 0. The molecule has 8 nitrogen and oxygen atoms in total. The van der Waals surface area contributed by atoms with Gasteiger partial charge in [-0.15, -0.1) is 11.3 Å². The quantitative estimate of drug-likeness (QED) is 0.369. The maximum Gasteiger partial charge on any atom is 0.341 e. The minimum Gasteiger partial charge on any atom is -0.462 e. The molecule has 1 aliphatic carbocycles. The van der Waals surface area contributed by atoms with Crippen LogP contribution in [-0.2, 0) is 40.1 Å². The number of anilines is 1. The topological polar surface area (TPSA) is 97.8 Å². The third-order valence-corrected chi connectivity index (χ3v) is 8.96. The highest BCUT2D eigenvalue weighted by atomic mass is 32.1. The van der Waals surface area contributed by atoms with Gasteiger partial charge in [0.15, 0.2) is 6.61 Å². The largest absolute Gasteiger partial charge is 0.462 e. The lowest BCUT2D eigenvalue weighted by atomic mass is 9.95. The lowest BCUT2D eigenvalue weighted by Gasteiger charge is -2.32. The van der Waals surface area contributed by atoms with Crippen LogP contribution in [0, 0.1) is 0 Å². The maximum atomic E-state index is 13.5. The number of rotatable bonds is 7. The first kappa shape index (κ1) is 28.2. The Balaban J connectivity index is 1.37. The molecule has 40 heavy (non-hydrogen) atoms. The highest BCUT2D eigenvalue weighted by molar-refractivity contribution is 7.17. The van der Waals surface area contributed by atoms with Gasteiger partial charge in [-0.05, 0) is 58.1 Å². The molecule has 3 aromatic rings. The van der Waals surface area contributed by atoms with Crippen molar-refractivity contribution < 1.29 is 23.9 Å². The number of amides is 1. The van der Waals surface area contributed by atoms with Crippen LogP contribution in [0.2, 0.25) is 0 Å². The Morgan fingerprint density at radius 1 is 0.975 bits per heavy atom. The summed E-state index contributed by atoms with van der Waals surface area (Å²) in [6, 6.07) is 7.88. The number of nitrogens with one attached hydrogen (secondary N) is 1. The summed E-state index contributed by atoms with van der Waals surface area (Å²) in [6.07, 6.45) is 6.75. The first-order valence-corrected chi connectivity index (χ1v) is 15.1. The van der Waals surface area contributed by atoms with Crippen molar-refractivity contribution in [2.75, 3.05) is 25.1 Å². The molecule has 0 radical (unpaired) electrons. The second-order valence-corrected chi connectivity index (χ2v) is 11.8. The minimum absolute atomic E-state index is 0.257. The molecule has 5 rings (SSSR count). The van der Waals surface area contributed by atoms with E-state index in [0.29, 0.717) is 28.7 Å². The molecular formula is C31H37N3O5S. The van der Waals surface area contributed by atoms with E-state index in [1.165, 1.54) is 11.3 Å². The van der Waals surface area contributed by atoms with E-state index in [0.717, 1.165) is 84.1 Å². The zero-order valence-corrected chi connectivity index (χ0v) is 24.3. The second kappa shape index (κ2) is 12.5. The number of esters is 2. The number of thiophene rings is 1. The number of ether oxygens (including phenoxy) is 2. The van der Waals surface area contributed by atoms with Crippen molar-refractivity contribution in [1.29, 1.82) is 0 Å². The first-order valence-electron chi connectivity index (χ1n) is 14.3. The lowest BCUT2D eigenvalue weighted by molar-refractivity contribution is -0.119. The van der Waals surface area contributed by atoms with Gasteiger partial charge >= 0.3 is 11.9 Å². The number of hydrogen-bond donors (Lipinski definition) is 1. The Hall–Kier alpha value is -3.30. The molecule has 1 aliphatic heterocycles.